The molecule has 142 valence electrons. The fourth-order valence-corrected chi connectivity index (χ4v) is 4.20. The Bertz CT molecular complexity index is 951. The average molecular weight is 401 g/mol. The Morgan fingerprint density at radius 3 is 2.48 bits per heavy atom. The fourth-order valence-electron chi connectivity index (χ4n) is 3.30. The summed E-state index contributed by atoms with van der Waals surface area (Å²) in [6.07, 6.45) is 0. The minimum atomic E-state index is 0.638. The van der Waals surface area contributed by atoms with Gasteiger partial charge in [0.15, 0.2) is 0 Å². The van der Waals surface area contributed by atoms with Crippen LogP contribution in [0.3, 0.4) is 0 Å². The standard InChI is InChI=1S/C19H24N6S2/c1-15-3-4-18(11-16(15)2)25-19(26)24(20-21-25)14-23-8-6-22(7-9-23)12-17-5-10-27-13-17/h3-5,10-11,13H,6-9,12,14H2,1-2H3. The Hall–Kier alpha value is -1.87. The highest BCUT2D eigenvalue weighted by Gasteiger charge is 2.18. The zero-order chi connectivity index (χ0) is 18.8. The monoisotopic (exact) mass is 400 g/mol. The van der Waals surface area contributed by atoms with E-state index in [1.165, 1.54) is 16.7 Å². The van der Waals surface area contributed by atoms with Gasteiger partial charge in [0, 0.05) is 32.7 Å². The molecule has 0 unspecified atom stereocenters. The highest BCUT2D eigenvalue weighted by Crippen LogP contribution is 2.15. The number of thiophene rings is 1. The Morgan fingerprint density at radius 1 is 1.00 bits per heavy atom. The molecule has 0 saturated carbocycles. The quantitative estimate of drug-likeness (QED) is 0.615. The van der Waals surface area contributed by atoms with Gasteiger partial charge in [0.1, 0.15) is 0 Å². The minimum absolute atomic E-state index is 0.638. The summed E-state index contributed by atoms with van der Waals surface area (Å²) in [5.74, 6) is 0. The van der Waals surface area contributed by atoms with E-state index in [-0.39, 0.29) is 0 Å². The number of benzene rings is 1. The Labute approximate surface area is 168 Å². The second kappa shape index (κ2) is 8.02. The molecular formula is C19H24N6S2. The van der Waals surface area contributed by atoms with Gasteiger partial charge in [-0.2, -0.15) is 16.0 Å². The normalized spacial score (nSPS) is 16.1. The van der Waals surface area contributed by atoms with Crippen LogP contribution in [-0.2, 0) is 13.2 Å². The van der Waals surface area contributed by atoms with E-state index in [4.69, 9.17) is 12.2 Å². The van der Waals surface area contributed by atoms with E-state index >= 15 is 0 Å². The van der Waals surface area contributed by atoms with E-state index in [0.717, 1.165) is 38.4 Å². The third kappa shape index (κ3) is 4.19. The third-order valence-electron chi connectivity index (χ3n) is 5.16. The van der Waals surface area contributed by atoms with E-state index in [0.29, 0.717) is 11.4 Å². The minimum Gasteiger partial charge on any atom is -0.297 e. The molecule has 0 atom stereocenters. The van der Waals surface area contributed by atoms with Crippen LogP contribution in [0.5, 0.6) is 0 Å². The predicted octanol–water partition coefficient (Wildman–Crippen LogP) is 3.25. The van der Waals surface area contributed by atoms with Gasteiger partial charge in [-0.05, 0) is 82.1 Å². The smallest absolute Gasteiger partial charge is 0.221 e. The Balaban J connectivity index is 1.39. The van der Waals surface area contributed by atoms with Crippen molar-refractivity contribution in [3.05, 3.63) is 56.5 Å². The number of tetrazole rings is 1. The van der Waals surface area contributed by atoms with Crippen LogP contribution >= 0.6 is 23.6 Å². The lowest BCUT2D eigenvalue weighted by Crippen LogP contribution is -2.46. The van der Waals surface area contributed by atoms with Gasteiger partial charge in [-0.25, -0.2) is 4.68 Å². The molecule has 0 N–H and O–H groups in total. The molecule has 3 heterocycles. The second-order valence-electron chi connectivity index (χ2n) is 7.11. The summed E-state index contributed by atoms with van der Waals surface area (Å²) in [7, 11) is 0. The molecule has 1 fully saturated rings. The molecule has 1 aliphatic heterocycles. The first-order chi connectivity index (χ1) is 13.1. The lowest BCUT2D eigenvalue weighted by Gasteiger charge is -2.34. The maximum atomic E-state index is 5.62. The lowest BCUT2D eigenvalue weighted by atomic mass is 10.1. The van der Waals surface area contributed by atoms with Crippen molar-refractivity contribution in [2.24, 2.45) is 0 Å². The molecule has 1 aromatic carbocycles. The number of hydrogen-bond acceptors (Lipinski definition) is 6. The van der Waals surface area contributed by atoms with Crippen LogP contribution < -0.4 is 0 Å². The molecule has 2 aromatic heterocycles. The van der Waals surface area contributed by atoms with Crippen LogP contribution in [0.2, 0.25) is 0 Å². The SMILES string of the molecule is Cc1ccc(-n2nnn(CN3CCN(Cc4ccsc4)CC3)c2=S)cc1C. The number of rotatable bonds is 5. The van der Waals surface area contributed by atoms with Crippen LogP contribution in [0.4, 0.5) is 0 Å². The first-order valence-corrected chi connectivity index (χ1v) is 10.5. The highest BCUT2D eigenvalue weighted by molar-refractivity contribution is 7.71. The summed E-state index contributed by atoms with van der Waals surface area (Å²) in [5, 5.41) is 12.9. The largest absolute Gasteiger partial charge is 0.297 e. The van der Waals surface area contributed by atoms with Gasteiger partial charge in [0.25, 0.3) is 0 Å². The van der Waals surface area contributed by atoms with Crippen molar-refractivity contribution in [1.82, 2.24) is 29.6 Å². The van der Waals surface area contributed by atoms with E-state index < -0.39 is 0 Å². The maximum absolute atomic E-state index is 5.62. The van der Waals surface area contributed by atoms with Gasteiger partial charge in [0.05, 0.1) is 12.4 Å². The van der Waals surface area contributed by atoms with Gasteiger partial charge in [-0.3, -0.25) is 9.80 Å². The van der Waals surface area contributed by atoms with E-state index in [1.807, 2.05) is 10.7 Å². The average Bonchev–Trinajstić information content (AvgIpc) is 3.30. The zero-order valence-electron chi connectivity index (χ0n) is 15.7. The summed E-state index contributed by atoms with van der Waals surface area (Å²) < 4.78 is 4.20. The summed E-state index contributed by atoms with van der Waals surface area (Å²) >= 11 is 7.38. The molecule has 0 aliphatic carbocycles. The molecule has 0 amide bonds. The summed E-state index contributed by atoms with van der Waals surface area (Å²) in [4.78, 5) is 4.89. The molecule has 0 spiro atoms. The van der Waals surface area contributed by atoms with Crippen molar-refractivity contribution >= 4 is 23.6 Å². The molecule has 4 rings (SSSR count). The van der Waals surface area contributed by atoms with Crippen LogP contribution in [0, 0.1) is 18.6 Å². The van der Waals surface area contributed by atoms with Gasteiger partial charge in [0.2, 0.25) is 4.77 Å². The van der Waals surface area contributed by atoms with Gasteiger partial charge < -0.3 is 0 Å². The van der Waals surface area contributed by atoms with Crippen molar-refractivity contribution < 1.29 is 0 Å². The summed E-state index contributed by atoms with van der Waals surface area (Å²) in [5.41, 5.74) is 4.87. The highest BCUT2D eigenvalue weighted by atomic mass is 32.1. The number of aromatic nitrogens is 4. The molecule has 1 saturated heterocycles. The van der Waals surface area contributed by atoms with Crippen molar-refractivity contribution in [3.63, 3.8) is 0 Å². The van der Waals surface area contributed by atoms with Gasteiger partial charge in [-0.1, -0.05) is 6.07 Å². The number of hydrogen-bond donors (Lipinski definition) is 0. The molecule has 1 aliphatic rings. The predicted molar refractivity (Wildman–Crippen MR) is 111 cm³/mol. The van der Waals surface area contributed by atoms with Crippen LogP contribution in [0.15, 0.2) is 35.0 Å². The first kappa shape index (κ1) is 18.5. The van der Waals surface area contributed by atoms with E-state index in [9.17, 15) is 0 Å². The lowest BCUT2D eigenvalue weighted by molar-refractivity contribution is 0.0976. The third-order valence-corrected chi connectivity index (χ3v) is 6.28. The number of nitrogens with zero attached hydrogens (tertiary/aromatic N) is 6. The molecule has 0 bridgehead atoms. The van der Waals surface area contributed by atoms with Crippen LogP contribution in [-0.4, -0.2) is 55.8 Å². The van der Waals surface area contributed by atoms with Crippen LogP contribution in [0.1, 0.15) is 16.7 Å². The second-order valence-corrected chi connectivity index (χ2v) is 8.25. The Morgan fingerprint density at radius 2 is 1.78 bits per heavy atom. The molecule has 3 aromatic rings. The van der Waals surface area contributed by atoms with E-state index in [2.05, 4.69) is 63.0 Å². The molecular weight excluding hydrogens is 376 g/mol. The summed E-state index contributed by atoms with van der Waals surface area (Å²) in [6, 6.07) is 8.45. The maximum Gasteiger partial charge on any atom is 0.221 e. The number of piperazine rings is 1. The van der Waals surface area contributed by atoms with Crippen molar-refractivity contribution in [1.29, 1.82) is 0 Å². The van der Waals surface area contributed by atoms with Crippen molar-refractivity contribution in [2.75, 3.05) is 26.2 Å². The topological polar surface area (TPSA) is 42.1 Å². The fraction of sp³-hybridized carbons (Fsp3) is 0.421. The van der Waals surface area contributed by atoms with Crippen molar-refractivity contribution in [2.45, 2.75) is 27.1 Å². The molecule has 0 radical (unpaired) electrons. The first-order valence-electron chi connectivity index (χ1n) is 9.16. The zero-order valence-corrected chi connectivity index (χ0v) is 17.3. The molecule has 6 nitrogen and oxygen atoms in total. The van der Waals surface area contributed by atoms with Crippen molar-refractivity contribution in [3.8, 4) is 5.69 Å². The summed E-state index contributed by atoms with van der Waals surface area (Å²) in [6.45, 7) is 10.1. The van der Waals surface area contributed by atoms with Gasteiger partial charge >= 0.3 is 0 Å². The molecule has 8 heteroatoms. The van der Waals surface area contributed by atoms with E-state index in [1.54, 1.807) is 16.0 Å². The van der Waals surface area contributed by atoms with Crippen LogP contribution in [0.25, 0.3) is 5.69 Å². The van der Waals surface area contributed by atoms with Gasteiger partial charge in [-0.15, -0.1) is 0 Å². The molecule has 27 heavy (non-hydrogen) atoms. The number of aryl methyl sites for hydroxylation is 2. The Kier molecular flexibility index (Phi) is 5.49.